The molecule has 2 amide bonds. The number of hydrogen-bond acceptors (Lipinski definition) is 5. The van der Waals surface area contributed by atoms with Gasteiger partial charge in [0.1, 0.15) is 5.75 Å². The Labute approximate surface area is 228 Å². The van der Waals surface area contributed by atoms with Gasteiger partial charge in [-0.25, -0.2) is 0 Å². The van der Waals surface area contributed by atoms with Crippen LogP contribution in [0.25, 0.3) is 0 Å². The number of nitrogens with zero attached hydrogens (tertiary/aromatic N) is 3. The fraction of sp³-hybridized carbons (Fsp3) is 0.548. The van der Waals surface area contributed by atoms with Crippen LogP contribution in [0.5, 0.6) is 5.75 Å². The van der Waals surface area contributed by atoms with Crippen molar-refractivity contribution in [3.63, 3.8) is 0 Å². The molecule has 2 aliphatic heterocycles. The van der Waals surface area contributed by atoms with Crippen LogP contribution in [-0.2, 0) is 4.79 Å². The van der Waals surface area contributed by atoms with Gasteiger partial charge in [-0.2, -0.15) is 0 Å². The van der Waals surface area contributed by atoms with Crippen molar-refractivity contribution in [3.8, 4) is 5.75 Å². The number of rotatable bonds is 8. The number of hydrogen-bond donors (Lipinski definition) is 1. The van der Waals surface area contributed by atoms with Crippen molar-refractivity contribution in [1.29, 1.82) is 0 Å². The molecule has 0 aliphatic carbocycles. The summed E-state index contributed by atoms with van der Waals surface area (Å²) >= 11 is 0. The average Bonchev–Trinajstić information content (AvgIpc) is 3.42. The molecule has 2 aromatic rings. The summed E-state index contributed by atoms with van der Waals surface area (Å²) in [4.78, 5) is 33.0. The molecular formula is C31H44N4O3. The monoisotopic (exact) mass is 520 g/mol. The number of likely N-dealkylation sites (tertiary alicyclic amines) is 1. The van der Waals surface area contributed by atoms with Crippen LogP contribution in [0.2, 0.25) is 0 Å². The normalized spacial score (nSPS) is 16.9. The Morgan fingerprint density at radius 3 is 2.18 bits per heavy atom. The van der Waals surface area contributed by atoms with Crippen molar-refractivity contribution in [3.05, 3.63) is 48.0 Å². The third-order valence-corrected chi connectivity index (χ3v) is 7.44. The van der Waals surface area contributed by atoms with E-state index in [-0.39, 0.29) is 17.2 Å². The lowest BCUT2D eigenvalue weighted by Gasteiger charge is -2.38. The largest absolute Gasteiger partial charge is 0.495 e. The number of carbonyl (C=O) groups excluding carboxylic acids is 2. The van der Waals surface area contributed by atoms with Gasteiger partial charge in [0.2, 0.25) is 5.91 Å². The van der Waals surface area contributed by atoms with E-state index in [2.05, 4.69) is 48.9 Å². The molecule has 0 unspecified atom stereocenters. The summed E-state index contributed by atoms with van der Waals surface area (Å²) in [6, 6.07) is 13.9. The summed E-state index contributed by atoms with van der Waals surface area (Å²) in [6.45, 7) is 13.6. The van der Waals surface area contributed by atoms with Crippen molar-refractivity contribution in [1.82, 2.24) is 4.90 Å². The molecule has 2 fully saturated rings. The van der Waals surface area contributed by atoms with Crippen LogP contribution < -0.4 is 19.9 Å². The smallest absolute Gasteiger partial charge is 0.256 e. The molecule has 0 aromatic heterocycles. The molecule has 2 saturated heterocycles. The van der Waals surface area contributed by atoms with Crippen molar-refractivity contribution >= 4 is 28.9 Å². The highest BCUT2D eigenvalue weighted by molar-refractivity contribution is 6.02. The maximum Gasteiger partial charge on any atom is 0.256 e. The minimum absolute atomic E-state index is 0.000468. The molecule has 0 radical (unpaired) electrons. The van der Waals surface area contributed by atoms with Crippen molar-refractivity contribution < 1.29 is 14.3 Å². The van der Waals surface area contributed by atoms with E-state index < -0.39 is 0 Å². The van der Waals surface area contributed by atoms with Gasteiger partial charge < -0.3 is 24.8 Å². The van der Waals surface area contributed by atoms with Gasteiger partial charge in [-0.1, -0.05) is 39.8 Å². The molecule has 4 rings (SSSR count). The number of benzene rings is 2. The third-order valence-electron chi connectivity index (χ3n) is 7.44. The van der Waals surface area contributed by atoms with Crippen LogP contribution in [0.3, 0.4) is 0 Å². The molecule has 2 heterocycles. The molecule has 1 atom stereocenters. The lowest BCUT2D eigenvalue weighted by atomic mass is 9.84. The first-order valence-corrected chi connectivity index (χ1v) is 14.0. The first-order valence-electron chi connectivity index (χ1n) is 14.0. The number of methoxy groups -OCH3 is 1. The second-order valence-corrected chi connectivity index (χ2v) is 12.0. The van der Waals surface area contributed by atoms with E-state index in [0.29, 0.717) is 23.6 Å². The van der Waals surface area contributed by atoms with Crippen LogP contribution in [0.15, 0.2) is 42.5 Å². The highest BCUT2D eigenvalue weighted by atomic mass is 16.5. The maximum atomic E-state index is 13.6. The van der Waals surface area contributed by atoms with Gasteiger partial charge in [0.25, 0.3) is 5.91 Å². The zero-order valence-electron chi connectivity index (χ0n) is 23.8. The Morgan fingerprint density at radius 1 is 0.921 bits per heavy atom. The lowest BCUT2D eigenvalue weighted by Crippen LogP contribution is -2.47. The Kier molecular flexibility index (Phi) is 8.85. The second kappa shape index (κ2) is 12.1. The Morgan fingerprint density at radius 2 is 1.55 bits per heavy atom. The van der Waals surface area contributed by atoms with Gasteiger partial charge in [0, 0.05) is 57.1 Å². The van der Waals surface area contributed by atoms with Crippen LogP contribution >= 0.6 is 0 Å². The lowest BCUT2D eigenvalue weighted by molar-refractivity contribution is -0.117. The van der Waals surface area contributed by atoms with Gasteiger partial charge in [0.15, 0.2) is 0 Å². The zero-order chi connectivity index (χ0) is 27.3. The van der Waals surface area contributed by atoms with E-state index >= 15 is 0 Å². The van der Waals surface area contributed by atoms with Crippen molar-refractivity contribution in [2.75, 3.05) is 61.5 Å². The van der Waals surface area contributed by atoms with E-state index in [1.54, 1.807) is 7.11 Å². The minimum atomic E-state index is -0.000468. The van der Waals surface area contributed by atoms with Crippen LogP contribution in [0.1, 0.15) is 63.7 Å². The van der Waals surface area contributed by atoms with Gasteiger partial charge in [-0.15, -0.1) is 0 Å². The predicted octanol–water partition coefficient (Wildman–Crippen LogP) is 5.66. The summed E-state index contributed by atoms with van der Waals surface area (Å²) in [5.41, 5.74) is 3.60. The molecule has 38 heavy (non-hydrogen) atoms. The molecule has 206 valence electrons. The number of amides is 2. The quantitative estimate of drug-likeness (QED) is 0.487. The summed E-state index contributed by atoms with van der Waals surface area (Å²) in [7, 11) is 1.71. The van der Waals surface area contributed by atoms with Gasteiger partial charge in [-0.3, -0.25) is 9.59 Å². The standard InChI is InChI=1S/C31H44N4O3/c1-23(22-31(2,3)4)20-29(36)32-24-12-13-26(25(21-24)30(37)35-14-8-9-15-35)33-16-18-34(19-17-33)27-10-6-7-11-28(27)38-5/h6-7,10-13,21,23H,8-9,14-20,22H2,1-5H3,(H,32,36)/t23-/m1/s1. The number of piperazine rings is 1. The van der Waals surface area contributed by atoms with E-state index in [4.69, 9.17) is 4.74 Å². The topological polar surface area (TPSA) is 65.1 Å². The average molecular weight is 521 g/mol. The Bertz CT molecular complexity index is 1110. The number of carbonyl (C=O) groups is 2. The van der Waals surface area contributed by atoms with E-state index in [9.17, 15) is 9.59 Å². The van der Waals surface area contributed by atoms with E-state index in [1.165, 1.54) is 0 Å². The SMILES string of the molecule is COc1ccccc1N1CCN(c2ccc(NC(=O)C[C@@H](C)CC(C)(C)C)cc2C(=O)N2CCCC2)CC1. The highest BCUT2D eigenvalue weighted by Crippen LogP contribution is 2.32. The molecule has 0 bridgehead atoms. The summed E-state index contributed by atoms with van der Waals surface area (Å²) in [5.74, 6) is 1.23. The van der Waals surface area contributed by atoms with Crippen molar-refractivity contribution in [2.24, 2.45) is 11.3 Å². The minimum Gasteiger partial charge on any atom is -0.495 e. The predicted molar refractivity (Wildman–Crippen MR) is 155 cm³/mol. The summed E-state index contributed by atoms with van der Waals surface area (Å²) in [5, 5.41) is 3.07. The number of anilines is 3. The Hall–Kier alpha value is -3.22. The zero-order valence-corrected chi connectivity index (χ0v) is 23.8. The highest BCUT2D eigenvalue weighted by Gasteiger charge is 2.27. The third kappa shape index (κ3) is 7.00. The maximum absolute atomic E-state index is 13.6. The van der Waals surface area contributed by atoms with E-state index in [0.717, 1.165) is 75.7 Å². The molecule has 7 nitrogen and oxygen atoms in total. The van der Waals surface area contributed by atoms with Crippen LogP contribution in [-0.4, -0.2) is 63.1 Å². The number of ether oxygens (including phenoxy) is 1. The first kappa shape index (κ1) is 27.8. The molecular weight excluding hydrogens is 476 g/mol. The molecule has 2 aromatic carbocycles. The van der Waals surface area contributed by atoms with Crippen LogP contribution in [0.4, 0.5) is 17.1 Å². The van der Waals surface area contributed by atoms with Gasteiger partial charge in [0.05, 0.1) is 18.4 Å². The molecule has 0 saturated carbocycles. The number of nitrogens with one attached hydrogen (secondary N) is 1. The Balaban J connectivity index is 1.50. The van der Waals surface area contributed by atoms with Crippen molar-refractivity contribution in [2.45, 2.75) is 53.4 Å². The molecule has 0 spiro atoms. The van der Waals surface area contributed by atoms with Gasteiger partial charge in [-0.05, 0) is 60.9 Å². The summed E-state index contributed by atoms with van der Waals surface area (Å²) < 4.78 is 5.57. The molecule has 7 heteroatoms. The fourth-order valence-electron chi connectivity index (χ4n) is 5.88. The molecule has 1 N–H and O–H groups in total. The summed E-state index contributed by atoms with van der Waals surface area (Å²) in [6.07, 6.45) is 3.54. The van der Waals surface area contributed by atoms with Gasteiger partial charge >= 0.3 is 0 Å². The van der Waals surface area contributed by atoms with E-state index in [1.807, 2.05) is 41.3 Å². The second-order valence-electron chi connectivity index (χ2n) is 12.0. The fourth-order valence-corrected chi connectivity index (χ4v) is 5.88. The first-order chi connectivity index (χ1) is 18.1. The molecule has 2 aliphatic rings. The number of para-hydroxylation sites is 2. The van der Waals surface area contributed by atoms with Crippen LogP contribution in [0, 0.1) is 11.3 Å².